The number of aryl methyl sites for hydroxylation is 2. The van der Waals surface area contributed by atoms with E-state index < -0.39 is 42.7 Å². The van der Waals surface area contributed by atoms with Gasteiger partial charge in [0.05, 0.1) is 62.8 Å². The van der Waals surface area contributed by atoms with Crippen LogP contribution in [0.3, 0.4) is 0 Å². The number of nitrogens with zero attached hydrogens (tertiary/aromatic N) is 4. The molecule has 0 N–H and O–H groups in total. The van der Waals surface area contributed by atoms with Crippen LogP contribution in [0.25, 0.3) is 32.8 Å². The lowest BCUT2D eigenvalue weighted by atomic mass is 10.0. The summed E-state index contributed by atoms with van der Waals surface area (Å²) in [6, 6.07) is 21.9. The molecule has 0 fully saturated rings. The number of halogens is 8. The van der Waals surface area contributed by atoms with E-state index in [1.807, 2.05) is 26.0 Å². The Balaban J connectivity index is 0.000000242. The minimum absolute atomic E-state index is 0.00267. The van der Waals surface area contributed by atoms with E-state index in [2.05, 4.69) is 16.9 Å². The van der Waals surface area contributed by atoms with Crippen molar-refractivity contribution in [1.82, 2.24) is 9.97 Å². The number of benzene rings is 4. The second-order valence-corrected chi connectivity index (χ2v) is 19.8. The second kappa shape index (κ2) is 26.5. The highest BCUT2D eigenvalue weighted by atomic mass is 32.1. The van der Waals surface area contributed by atoms with E-state index in [-0.39, 0.29) is 36.3 Å². The van der Waals surface area contributed by atoms with Gasteiger partial charge in [0, 0.05) is 17.5 Å². The van der Waals surface area contributed by atoms with Gasteiger partial charge in [-0.05, 0) is 112 Å². The number of hydrogen-bond donors (Lipinski definition) is 0. The minimum atomic E-state index is -4.38. The molecule has 376 valence electrons. The Hall–Kier alpha value is -5.88. The molecule has 0 atom stereocenters. The van der Waals surface area contributed by atoms with E-state index in [9.17, 15) is 44.5 Å². The first kappa shape index (κ1) is 57.7. The van der Waals surface area contributed by atoms with Gasteiger partial charge < -0.3 is 9.05 Å². The summed E-state index contributed by atoms with van der Waals surface area (Å²) < 4.78 is 126. The zero-order chi connectivity index (χ0) is 52.5. The van der Waals surface area contributed by atoms with Crippen molar-refractivity contribution >= 4 is 47.7 Å². The van der Waals surface area contributed by atoms with Crippen LogP contribution in [0.5, 0.6) is 0 Å². The molecule has 8 nitrogen and oxygen atoms in total. The Bertz CT molecular complexity index is 2890. The summed E-state index contributed by atoms with van der Waals surface area (Å²) in [5, 5.41) is 18.7. The lowest BCUT2D eigenvalue weighted by Crippen LogP contribution is -2.03. The van der Waals surface area contributed by atoms with Crippen LogP contribution in [0.4, 0.5) is 35.1 Å². The number of Topliss-reactive ketones (excluding diaryl/α,β-unsaturated/α-hetero) is 1. The van der Waals surface area contributed by atoms with E-state index >= 15 is 0 Å². The smallest absolute Gasteiger partial charge is 0.309 e. The summed E-state index contributed by atoms with van der Waals surface area (Å²) in [6.45, 7) is 11.6. The third-order valence-corrected chi connectivity index (χ3v) is 14.8. The summed E-state index contributed by atoms with van der Waals surface area (Å²) >= 11 is 2.65. The SMILES string of the molecule is CCCC/C(=C\c1ccc(C#N)c(F)c1)c1sc(-c2ccc(C(F)(F)F)cc2)nc1C.CCCCC(=O)c1sc(-c2ccc(C(F)(F)F)cc2)nc1C.CCOP(=O)(Cc1ccc(C#N)c(F)c1)OCC. The maximum absolute atomic E-state index is 14.0. The van der Waals surface area contributed by atoms with Gasteiger partial charge in [-0.3, -0.25) is 9.36 Å². The Morgan fingerprint density at radius 1 is 0.662 bits per heavy atom. The lowest BCUT2D eigenvalue weighted by Gasteiger charge is -2.16. The molecule has 71 heavy (non-hydrogen) atoms. The Morgan fingerprint density at radius 2 is 1.11 bits per heavy atom. The maximum Gasteiger partial charge on any atom is 0.416 e. The molecule has 2 heterocycles. The van der Waals surface area contributed by atoms with Crippen LogP contribution < -0.4 is 0 Å². The molecule has 0 aliphatic heterocycles. The number of rotatable bonds is 17. The average molecular weight is 1040 g/mol. The maximum atomic E-state index is 14.0. The van der Waals surface area contributed by atoms with Crippen molar-refractivity contribution in [3.8, 4) is 33.3 Å². The number of aromatic nitrogens is 2. The third kappa shape index (κ3) is 16.9. The van der Waals surface area contributed by atoms with Crippen LogP contribution in [0.2, 0.25) is 0 Å². The number of thiazole rings is 2. The van der Waals surface area contributed by atoms with Crippen molar-refractivity contribution < 1.29 is 53.5 Å². The Labute approximate surface area is 416 Å². The van der Waals surface area contributed by atoms with Crippen LogP contribution >= 0.6 is 30.3 Å². The van der Waals surface area contributed by atoms with Gasteiger partial charge in [-0.1, -0.05) is 69.2 Å². The topological polar surface area (TPSA) is 126 Å². The second-order valence-electron chi connectivity index (χ2n) is 15.7. The quantitative estimate of drug-likeness (QED) is 0.0502. The molecule has 0 saturated heterocycles. The molecule has 0 amide bonds. The van der Waals surface area contributed by atoms with Crippen molar-refractivity contribution in [2.75, 3.05) is 13.2 Å². The summed E-state index contributed by atoms with van der Waals surface area (Å²) in [4.78, 5) is 22.5. The van der Waals surface area contributed by atoms with Gasteiger partial charge in [0.2, 0.25) is 0 Å². The van der Waals surface area contributed by atoms with Crippen LogP contribution in [0.1, 0.15) is 126 Å². The van der Waals surface area contributed by atoms with E-state index in [0.717, 1.165) is 72.5 Å². The zero-order valence-corrected chi connectivity index (χ0v) is 42.3. The van der Waals surface area contributed by atoms with Crippen molar-refractivity contribution in [2.45, 2.75) is 98.6 Å². The lowest BCUT2D eigenvalue weighted by molar-refractivity contribution is -0.138. The number of hydrogen-bond acceptors (Lipinski definition) is 10. The standard InChI is InChI=1S/C24H20F4N2S.C16H16F3NOS.C12H15FNO3P/c1-3-4-5-18(12-16-6-7-19(14-29)21(25)13-16)22-15(2)30-23(31-22)17-8-10-20(11-9-17)24(26,27)28;1-3-4-5-13(21)14-10(2)20-15(22-14)11-6-8-12(9-7-11)16(17,18)19;1-3-16-18(15,17-4-2)9-10-5-6-11(8-14)12(13)7-10/h6-13H,3-5H2,1-2H3;6-9H,3-5H2,1-2H3;5-7H,3-4,9H2,1-2H3/b18-12+;;. The summed E-state index contributed by atoms with van der Waals surface area (Å²) in [5.41, 5.74) is 3.30. The molecule has 0 unspecified atom stereocenters. The molecule has 0 spiro atoms. The molecule has 0 aliphatic rings. The fourth-order valence-corrected chi connectivity index (χ4v) is 10.5. The van der Waals surface area contributed by atoms with E-state index in [1.165, 1.54) is 71.2 Å². The van der Waals surface area contributed by atoms with E-state index in [0.29, 0.717) is 49.3 Å². The van der Waals surface area contributed by atoms with Crippen LogP contribution in [-0.2, 0) is 32.1 Å². The molecule has 2 aromatic heterocycles. The first-order valence-electron chi connectivity index (χ1n) is 22.4. The van der Waals surface area contributed by atoms with Gasteiger partial charge in [0.1, 0.15) is 33.8 Å². The molecule has 6 rings (SSSR count). The first-order chi connectivity index (χ1) is 33.6. The monoisotopic (exact) mass is 1040 g/mol. The highest BCUT2D eigenvalue weighted by molar-refractivity contribution is 7.53. The normalized spacial score (nSPS) is 11.7. The van der Waals surface area contributed by atoms with Crippen LogP contribution in [0.15, 0.2) is 84.9 Å². The molecular weight excluding hydrogens is 992 g/mol. The van der Waals surface area contributed by atoms with Crippen LogP contribution in [0, 0.1) is 48.1 Å². The molecule has 0 radical (unpaired) electrons. The number of ketones is 1. The molecular formula is C52H51F8N4O4PS2. The van der Waals surface area contributed by atoms with Crippen LogP contribution in [-0.4, -0.2) is 29.0 Å². The van der Waals surface area contributed by atoms with Crippen molar-refractivity contribution in [3.05, 3.63) is 151 Å². The van der Waals surface area contributed by atoms with Gasteiger partial charge in [0.15, 0.2) is 5.78 Å². The molecule has 19 heteroatoms. The number of carbonyl (C=O) groups is 1. The predicted octanol–water partition coefficient (Wildman–Crippen LogP) is 16.9. The largest absolute Gasteiger partial charge is 0.416 e. The fraction of sp³-hybridized carbons (Fsp3) is 0.327. The Kier molecular flexibility index (Phi) is 21.6. The third-order valence-electron chi connectivity index (χ3n) is 10.2. The molecule has 0 bridgehead atoms. The summed E-state index contributed by atoms with van der Waals surface area (Å²) in [6.07, 6.45) is -1.94. The number of unbranched alkanes of at least 4 members (excludes halogenated alkanes) is 2. The van der Waals surface area contributed by atoms with Crippen molar-refractivity contribution in [2.24, 2.45) is 0 Å². The minimum Gasteiger partial charge on any atom is -0.309 e. The number of alkyl halides is 6. The Morgan fingerprint density at radius 3 is 1.55 bits per heavy atom. The highest BCUT2D eigenvalue weighted by Gasteiger charge is 2.31. The highest BCUT2D eigenvalue weighted by Crippen LogP contribution is 2.51. The molecule has 0 saturated carbocycles. The van der Waals surface area contributed by atoms with Gasteiger partial charge in [-0.15, -0.1) is 22.7 Å². The molecule has 0 aliphatic carbocycles. The van der Waals surface area contributed by atoms with Gasteiger partial charge in [-0.25, -0.2) is 18.7 Å². The number of carbonyl (C=O) groups excluding carboxylic acids is 1. The molecule has 6 aromatic rings. The number of nitriles is 2. The predicted molar refractivity (Wildman–Crippen MR) is 263 cm³/mol. The molecule has 4 aromatic carbocycles. The summed E-state index contributed by atoms with van der Waals surface area (Å²) in [7, 11) is -3.23. The first-order valence-corrected chi connectivity index (χ1v) is 25.8. The van der Waals surface area contributed by atoms with Gasteiger partial charge in [-0.2, -0.15) is 36.9 Å². The van der Waals surface area contributed by atoms with Gasteiger partial charge >= 0.3 is 19.9 Å². The van der Waals surface area contributed by atoms with Crippen molar-refractivity contribution in [3.63, 3.8) is 0 Å². The number of allylic oxidation sites excluding steroid dienone is 1. The fourth-order valence-electron chi connectivity index (χ4n) is 6.68. The zero-order valence-electron chi connectivity index (χ0n) is 39.7. The van der Waals surface area contributed by atoms with Gasteiger partial charge in [0.25, 0.3) is 0 Å². The van der Waals surface area contributed by atoms with E-state index in [4.69, 9.17) is 19.6 Å². The average Bonchev–Trinajstić information content (AvgIpc) is 3.92. The summed E-state index contributed by atoms with van der Waals surface area (Å²) in [5.74, 6) is -1.15. The van der Waals surface area contributed by atoms with E-state index in [1.54, 1.807) is 39.0 Å². The van der Waals surface area contributed by atoms with Crippen molar-refractivity contribution in [1.29, 1.82) is 10.5 Å².